The molecule has 1 aromatic heterocycles. The molecule has 3 rings (SSSR count). The predicted molar refractivity (Wildman–Crippen MR) is 83.7 cm³/mol. The van der Waals surface area contributed by atoms with E-state index in [1.165, 1.54) is 0 Å². The number of aromatic nitrogens is 1. The van der Waals surface area contributed by atoms with Crippen LogP contribution < -0.4 is 4.90 Å². The number of anilines is 1. The molecule has 3 nitrogen and oxygen atoms in total. The zero-order valence-corrected chi connectivity index (χ0v) is 12.3. The van der Waals surface area contributed by atoms with Crippen LogP contribution in [0.5, 0.6) is 5.75 Å². The zero-order chi connectivity index (χ0) is 14.1. The molecule has 1 aromatic carbocycles. The van der Waals surface area contributed by atoms with E-state index in [2.05, 4.69) is 16.8 Å². The van der Waals surface area contributed by atoms with E-state index in [4.69, 9.17) is 11.6 Å². The minimum absolute atomic E-state index is 0.238. The summed E-state index contributed by atoms with van der Waals surface area (Å²) in [6.45, 7) is 4.03. The number of piperidine rings is 1. The van der Waals surface area contributed by atoms with Crippen molar-refractivity contribution >= 4 is 28.2 Å². The first-order valence-corrected chi connectivity index (χ1v) is 7.55. The number of halogens is 1. The highest BCUT2D eigenvalue weighted by Gasteiger charge is 2.24. The van der Waals surface area contributed by atoms with Gasteiger partial charge in [0.1, 0.15) is 11.6 Å². The summed E-state index contributed by atoms with van der Waals surface area (Å²) in [6.07, 6.45) is 4.04. The Kier molecular flexibility index (Phi) is 3.70. The topological polar surface area (TPSA) is 36.4 Å². The highest BCUT2D eigenvalue weighted by molar-refractivity contribution is 6.20. The first kappa shape index (κ1) is 13.5. The van der Waals surface area contributed by atoms with Crippen LogP contribution in [0.4, 0.5) is 5.82 Å². The molecule has 0 saturated carbocycles. The summed E-state index contributed by atoms with van der Waals surface area (Å²) < 4.78 is 0. The Balaban J connectivity index is 1.90. The van der Waals surface area contributed by atoms with E-state index in [-0.39, 0.29) is 11.1 Å². The number of benzene rings is 1. The van der Waals surface area contributed by atoms with Crippen molar-refractivity contribution in [3.8, 4) is 5.75 Å². The molecule has 1 atom stereocenters. The molecule has 0 spiro atoms. The van der Waals surface area contributed by atoms with Crippen LogP contribution in [0.15, 0.2) is 30.5 Å². The summed E-state index contributed by atoms with van der Waals surface area (Å²) in [5.41, 5.74) is 0. The zero-order valence-electron chi connectivity index (χ0n) is 11.6. The summed E-state index contributed by atoms with van der Waals surface area (Å²) in [6, 6.07) is 7.43. The summed E-state index contributed by atoms with van der Waals surface area (Å²) in [4.78, 5) is 6.83. The summed E-state index contributed by atoms with van der Waals surface area (Å²) in [5.74, 6) is 1.85. The Morgan fingerprint density at radius 1 is 1.30 bits per heavy atom. The molecular weight excluding hydrogens is 272 g/mol. The third-order valence-corrected chi connectivity index (χ3v) is 4.57. The van der Waals surface area contributed by atoms with E-state index >= 15 is 0 Å². The quantitative estimate of drug-likeness (QED) is 0.855. The van der Waals surface area contributed by atoms with Gasteiger partial charge in [-0.25, -0.2) is 4.98 Å². The van der Waals surface area contributed by atoms with Crippen molar-refractivity contribution in [2.45, 2.75) is 25.1 Å². The molecule has 1 N–H and O–H groups in total. The Labute approximate surface area is 124 Å². The maximum atomic E-state index is 9.70. The van der Waals surface area contributed by atoms with Gasteiger partial charge in [-0.1, -0.05) is 6.07 Å². The third-order valence-electron chi connectivity index (χ3n) is 4.22. The fourth-order valence-electron chi connectivity index (χ4n) is 2.96. The SMILES string of the molecule is CC(Cl)C1CCN(c2nccc3ccc(O)cc23)CC1. The van der Waals surface area contributed by atoms with Crippen molar-refractivity contribution in [1.29, 1.82) is 0 Å². The number of hydrogen-bond donors (Lipinski definition) is 1. The number of hydrogen-bond acceptors (Lipinski definition) is 3. The number of aromatic hydroxyl groups is 1. The van der Waals surface area contributed by atoms with Gasteiger partial charge in [0, 0.05) is 30.0 Å². The molecule has 1 aliphatic rings. The van der Waals surface area contributed by atoms with Gasteiger partial charge in [0.15, 0.2) is 0 Å². The molecule has 0 radical (unpaired) electrons. The summed E-state index contributed by atoms with van der Waals surface area (Å²) in [5, 5.41) is 12.1. The van der Waals surface area contributed by atoms with Gasteiger partial charge in [-0.05, 0) is 49.3 Å². The van der Waals surface area contributed by atoms with Crippen LogP contribution in [0.1, 0.15) is 19.8 Å². The summed E-state index contributed by atoms with van der Waals surface area (Å²) >= 11 is 6.20. The number of rotatable bonds is 2. The molecule has 1 saturated heterocycles. The maximum absolute atomic E-state index is 9.70. The largest absolute Gasteiger partial charge is 0.508 e. The minimum Gasteiger partial charge on any atom is -0.508 e. The van der Waals surface area contributed by atoms with Crippen LogP contribution >= 0.6 is 11.6 Å². The van der Waals surface area contributed by atoms with Crippen molar-refractivity contribution in [3.63, 3.8) is 0 Å². The highest BCUT2D eigenvalue weighted by atomic mass is 35.5. The molecule has 0 bridgehead atoms. The number of phenolic OH excluding ortho intramolecular Hbond substituents is 1. The van der Waals surface area contributed by atoms with E-state index in [1.54, 1.807) is 12.1 Å². The molecule has 4 heteroatoms. The van der Waals surface area contributed by atoms with Gasteiger partial charge in [-0.2, -0.15) is 0 Å². The lowest BCUT2D eigenvalue weighted by molar-refractivity contribution is 0.399. The van der Waals surface area contributed by atoms with E-state index in [1.807, 2.05) is 18.3 Å². The number of nitrogens with zero attached hydrogens (tertiary/aromatic N) is 2. The Hall–Kier alpha value is -1.48. The van der Waals surface area contributed by atoms with Gasteiger partial charge < -0.3 is 10.0 Å². The fraction of sp³-hybridized carbons (Fsp3) is 0.438. The van der Waals surface area contributed by atoms with Crippen LogP contribution in [0.2, 0.25) is 0 Å². The molecule has 2 aromatic rings. The lowest BCUT2D eigenvalue weighted by Crippen LogP contribution is -2.36. The van der Waals surface area contributed by atoms with E-state index in [0.29, 0.717) is 5.92 Å². The number of pyridine rings is 1. The molecule has 20 heavy (non-hydrogen) atoms. The van der Waals surface area contributed by atoms with E-state index < -0.39 is 0 Å². The van der Waals surface area contributed by atoms with Crippen LogP contribution in [0.25, 0.3) is 10.8 Å². The van der Waals surface area contributed by atoms with Crippen LogP contribution in [0, 0.1) is 5.92 Å². The molecule has 106 valence electrons. The highest BCUT2D eigenvalue weighted by Crippen LogP contribution is 2.31. The van der Waals surface area contributed by atoms with Gasteiger partial charge in [0.2, 0.25) is 0 Å². The van der Waals surface area contributed by atoms with Gasteiger partial charge >= 0.3 is 0 Å². The Bertz CT molecular complexity index is 606. The fourth-order valence-corrected chi connectivity index (χ4v) is 3.22. The van der Waals surface area contributed by atoms with Crippen molar-refractivity contribution in [1.82, 2.24) is 4.98 Å². The van der Waals surface area contributed by atoms with Gasteiger partial charge in [0.25, 0.3) is 0 Å². The minimum atomic E-state index is 0.238. The number of alkyl halides is 1. The molecule has 1 unspecified atom stereocenters. The van der Waals surface area contributed by atoms with Crippen LogP contribution in [-0.4, -0.2) is 28.6 Å². The van der Waals surface area contributed by atoms with E-state index in [9.17, 15) is 5.11 Å². The monoisotopic (exact) mass is 290 g/mol. The van der Waals surface area contributed by atoms with Gasteiger partial charge in [-0.15, -0.1) is 11.6 Å². The van der Waals surface area contributed by atoms with Crippen molar-refractivity contribution < 1.29 is 5.11 Å². The van der Waals surface area contributed by atoms with Crippen molar-refractivity contribution in [2.75, 3.05) is 18.0 Å². The Morgan fingerprint density at radius 3 is 2.75 bits per heavy atom. The average Bonchev–Trinajstić information content (AvgIpc) is 2.46. The van der Waals surface area contributed by atoms with E-state index in [0.717, 1.165) is 42.5 Å². The second-order valence-electron chi connectivity index (χ2n) is 5.54. The van der Waals surface area contributed by atoms with Gasteiger partial charge in [-0.3, -0.25) is 0 Å². The molecule has 1 aliphatic heterocycles. The maximum Gasteiger partial charge on any atom is 0.136 e. The Morgan fingerprint density at radius 2 is 2.05 bits per heavy atom. The number of fused-ring (bicyclic) bond motifs is 1. The summed E-state index contributed by atoms with van der Waals surface area (Å²) in [7, 11) is 0. The van der Waals surface area contributed by atoms with Crippen molar-refractivity contribution in [3.05, 3.63) is 30.5 Å². The molecule has 0 amide bonds. The molecule has 1 fully saturated rings. The normalized spacial score (nSPS) is 18.4. The first-order valence-electron chi connectivity index (χ1n) is 7.12. The molecule has 2 heterocycles. The lowest BCUT2D eigenvalue weighted by Gasteiger charge is -2.34. The van der Waals surface area contributed by atoms with Crippen LogP contribution in [0.3, 0.4) is 0 Å². The standard InChI is InChI=1S/C16H19ClN2O/c1-11(17)12-5-8-19(9-6-12)16-15-10-14(20)3-2-13(15)4-7-18-16/h2-4,7,10-12,20H,5-6,8-9H2,1H3. The van der Waals surface area contributed by atoms with Crippen molar-refractivity contribution in [2.24, 2.45) is 5.92 Å². The lowest BCUT2D eigenvalue weighted by atomic mass is 9.94. The average molecular weight is 291 g/mol. The first-order chi connectivity index (χ1) is 9.65. The third kappa shape index (κ3) is 2.55. The number of phenols is 1. The molecule has 0 aliphatic carbocycles. The molecular formula is C16H19ClN2O. The second kappa shape index (κ2) is 5.49. The van der Waals surface area contributed by atoms with Gasteiger partial charge in [0.05, 0.1) is 0 Å². The smallest absolute Gasteiger partial charge is 0.136 e. The second-order valence-corrected chi connectivity index (χ2v) is 6.23. The predicted octanol–water partition coefficient (Wildman–Crippen LogP) is 3.78. The van der Waals surface area contributed by atoms with Crippen LogP contribution in [-0.2, 0) is 0 Å².